The van der Waals surface area contributed by atoms with Crippen LogP contribution in [0.1, 0.15) is 45.6 Å². The van der Waals surface area contributed by atoms with Gasteiger partial charge in [-0.2, -0.15) is 0 Å². The third-order valence-corrected chi connectivity index (χ3v) is 4.20. The van der Waals surface area contributed by atoms with Gasteiger partial charge in [0.2, 0.25) is 0 Å². The van der Waals surface area contributed by atoms with E-state index < -0.39 is 5.54 Å². The van der Waals surface area contributed by atoms with Crippen molar-refractivity contribution in [1.29, 1.82) is 0 Å². The topological polar surface area (TPSA) is 64.4 Å². The first-order chi connectivity index (χ1) is 9.67. The number of hydrogen-bond acceptors (Lipinski definition) is 6. The van der Waals surface area contributed by atoms with E-state index in [9.17, 15) is 4.79 Å². The number of rotatable bonds is 7. The molecule has 0 saturated heterocycles. The van der Waals surface area contributed by atoms with Gasteiger partial charge in [-0.1, -0.05) is 18.7 Å². The van der Waals surface area contributed by atoms with Gasteiger partial charge in [-0.15, -0.1) is 0 Å². The molecule has 0 amide bonds. The van der Waals surface area contributed by atoms with E-state index in [-0.39, 0.29) is 17.3 Å². The van der Waals surface area contributed by atoms with E-state index in [0.717, 1.165) is 11.5 Å². The second kappa shape index (κ2) is 7.31. The van der Waals surface area contributed by atoms with E-state index in [0.29, 0.717) is 11.6 Å². The number of thioether (sulfide) groups is 1. The highest BCUT2D eigenvalue weighted by Crippen LogP contribution is 2.30. The Kier molecular flexibility index (Phi) is 6.28. The Morgan fingerprint density at radius 1 is 1.43 bits per heavy atom. The third-order valence-electron chi connectivity index (χ3n) is 3.25. The molecule has 21 heavy (non-hydrogen) atoms. The van der Waals surface area contributed by atoms with Gasteiger partial charge in [0.15, 0.2) is 0 Å². The first kappa shape index (κ1) is 18.0. The van der Waals surface area contributed by atoms with Crippen molar-refractivity contribution in [2.24, 2.45) is 0 Å². The fourth-order valence-corrected chi connectivity index (χ4v) is 3.47. The molecule has 0 aliphatic carbocycles. The van der Waals surface area contributed by atoms with Crippen LogP contribution in [-0.4, -0.2) is 34.9 Å². The lowest BCUT2D eigenvalue weighted by atomic mass is 9.95. The number of aryl methyl sites for hydroxylation is 2. The predicted octanol–water partition coefficient (Wildman–Crippen LogP) is 3.09. The Labute approximate surface area is 131 Å². The molecule has 0 saturated carbocycles. The van der Waals surface area contributed by atoms with Crippen molar-refractivity contribution in [3.8, 4) is 0 Å². The van der Waals surface area contributed by atoms with Crippen molar-refractivity contribution >= 4 is 17.7 Å². The minimum atomic E-state index is -0.716. The molecular weight excluding hydrogens is 288 g/mol. The maximum Gasteiger partial charge on any atom is 0.325 e. The summed E-state index contributed by atoms with van der Waals surface area (Å²) >= 11 is 1.53. The molecule has 0 spiro atoms. The van der Waals surface area contributed by atoms with Gasteiger partial charge in [-0.3, -0.25) is 10.1 Å². The van der Waals surface area contributed by atoms with E-state index in [1.165, 1.54) is 18.9 Å². The molecule has 0 aliphatic rings. The summed E-state index contributed by atoms with van der Waals surface area (Å²) < 4.78 is 10.5. The molecule has 0 bridgehead atoms. The maximum atomic E-state index is 12.1. The average molecular weight is 314 g/mol. The fourth-order valence-electron chi connectivity index (χ4n) is 2.35. The number of ether oxygens (including phenoxy) is 1. The van der Waals surface area contributed by atoms with Crippen molar-refractivity contribution in [1.82, 2.24) is 10.3 Å². The summed E-state index contributed by atoms with van der Waals surface area (Å²) in [6.07, 6.45) is 0.628. The summed E-state index contributed by atoms with van der Waals surface area (Å²) in [7, 11) is 1.42. The van der Waals surface area contributed by atoms with Gasteiger partial charge in [0.1, 0.15) is 11.3 Å². The van der Waals surface area contributed by atoms with Crippen LogP contribution in [0, 0.1) is 13.8 Å². The normalized spacial score (nSPS) is 15.8. The van der Waals surface area contributed by atoms with Gasteiger partial charge in [-0.25, -0.2) is 4.98 Å². The lowest BCUT2D eigenvalue weighted by molar-refractivity contribution is -0.148. The largest absolute Gasteiger partial charge is 0.468 e. The molecule has 0 radical (unpaired) electrons. The Morgan fingerprint density at radius 3 is 2.48 bits per heavy atom. The summed E-state index contributed by atoms with van der Waals surface area (Å²) in [4.78, 5) is 16.4. The van der Waals surface area contributed by atoms with Crippen LogP contribution in [0.5, 0.6) is 0 Å². The van der Waals surface area contributed by atoms with Crippen molar-refractivity contribution in [2.75, 3.05) is 7.11 Å². The van der Waals surface area contributed by atoms with Crippen molar-refractivity contribution in [3.05, 3.63) is 11.5 Å². The zero-order valence-electron chi connectivity index (χ0n) is 13.9. The Morgan fingerprint density at radius 2 is 2.05 bits per heavy atom. The standard InChI is InChI=1S/C15H26N2O3S/c1-9(2)17-15(6,13(18)19-7)8-10(3)21-14-16-11(4)12(5)20-14/h9-10,17H,8H2,1-7H3. The second-order valence-corrected chi connectivity index (χ2v) is 7.27. The number of carbonyl (C=O) groups excluding carboxylic acids is 1. The molecule has 1 N–H and O–H groups in total. The van der Waals surface area contributed by atoms with Gasteiger partial charge in [0, 0.05) is 11.3 Å². The van der Waals surface area contributed by atoms with E-state index in [4.69, 9.17) is 9.15 Å². The van der Waals surface area contributed by atoms with Crippen LogP contribution in [0.3, 0.4) is 0 Å². The summed E-state index contributed by atoms with van der Waals surface area (Å²) in [6, 6.07) is 0.192. The number of oxazole rings is 1. The SMILES string of the molecule is COC(=O)C(C)(CC(C)Sc1nc(C)c(C)o1)NC(C)C. The van der Waals surface area contributed by atoms with Gasteiger partial charge >= 0.3 is 5.97 Å². The highest BCUT2D eigenvalue weighted by Gasteiger charge is 2.36. The van der Waals surface area contributed by atoms with Gasteiger partial charge in [-0.05, 0) is 41.0 Å². The highest BCUT2D eigenvalue weighted by molar-refractivity contribution is 7.99. The van der Waals surface area contributed by atoms with Crippen LogP contribution in [0.4, 0.5) is 0 Å². The molecule has 1 rings (SSSR count). The molecule has 5 nitrogen and oxygen atoms in total. The molecule has 0 fully saturated rings. The highest BCUT2D eigenvalue weighted by atomic mass is 32.2. The van der Waals surface area contributed by atoms with Crippen molar-refractivity contribution in [2.45, 2.75) is 70.0 Å². The molecule has 2 unspecified atom stereocenters. The Balaban J connectivity index is 2.76. The maximum absolute atomic E-state index is 12.1. The Bertz CT molecular complexity index is 468. The van der Waals surface area contributed by atoms with E-state index in [1.807, 2.05) is 34.6 Å². The molecule has 6 heteroatoms. The monoisotopic (exact) mass is 314 g/mol. The number of nitrogens with one attached hydrogen (secondary N) is 1. The zero-order chi connectivity index (χ0) is 16.2. The Hall–Kier alpha value is -1.01. The van der Waals surface area contributed by atoms with Crippen LogP contribution in [-0.2, 0) is 9.53 Å². The number of methoxy groups -OCH3 is 1. The van der Waals surface area contributed by atoms with Crippen LogP contribution >= 0.6 is 11.8 Å². The number of esters is 1. The van der Waals surface area contributed by atoms with E-state index in [2.05, 4.69) is 17.2 Å². The fraction of sp³-hybridized carbons (Fsp3) is 0.733. The van der Waals surface area contributed by atoms with E-state index >= 15 is 0 Å². The van der Waals surface area contributed by atoms with E-state index in [1.54, 1.807) is 0 Å². The van der Waals surface area contributed by atoms with Crippen LogP contribution in [0.25, 0.3) is 0 Å². The number of aromatic nitrogens is 1. The molecule has 0 aliphatic heterocycles. The van der Waals surface area contributed by atoms with Gasteiger partial charge in [0.05, 0.1) is 12.8 Å². The number of nitrogens with zero attached hydrogens (tertiary/aromatic N) is 1. The molecule has 1 heterocycles. The zero-order valence-corrected chi connectivity index (χ0v) is 14.8. The van der Waals surface area contributed by atoms with Crippen LogP contribution < -0.4 is 5.32 Å². The third kappa shape index (κ3) is 5.04. The summed E-state index contributed by atoms with van der Waals surface area (Å²) in [5, 5.41) is 4.11. The minimum Gasteiger partial charge on any atom is -0.468 e. The first-order valence-corrected chi connectivity index (χ1v) is 8.02. The molecule has 2 atom stereocenters. The lowest BCUT2D eigenvalue weighted by Gasteiger charge is -2.32. The smallest absolute Gasteiger partial charge is 0.325 e. The van der Waals surface area contributed by atoms with Crippen LogP contribution in [0.2, 0.25) is 0 Å². The second-order valence-electron chi connectivity index (χ2n) is 5.88. The number of carbonyl (C=O) groups is 1. The quantitative estimate of drug-likeness (QED) is 0.616. The molecular formula is C15H26N2O3S. The molecule has 1 aromatic rings. The molecule has 1 aromatic heterocycles. The van der Waals surface area contributed by atoms with Crippen LogP contribution in [0.15, 0.2) is 9.64 Å². The van der Waals surface area contributed by atoms with Gasteiger partial charge < -0.3 is 9.15 Å². The minimum absolute atomic E-state index is 0.165. The lowest BCUT2D eigenvalue weighted by Crippen LogP contribution is -2.54. The summed E-state index contributed by atoms with van der Waals surface area (Å²) in [6.45, 7) is 11.8. The van der Waals surface area contributed by atoms with Crippen molar-refractivity contribution < 1.29 is 13.9 Å². The van der Waals surface area contributed by atoms with Crippen molar-refractivity contribution in [3.63, 3.8) is 0 Å². The summed E-state index contributed by atoms with van der Waals surface area (Å²) in [5.74, 6) is 0.587. The molecule has 120 valence electrons. The first-order valence-electron chi connectivity index (χ1n) is 7.14. The summed E-state index contributed by atoms with van der Waals surface area (Å²) in [5.41, 5.74) is 0.187. The number of hydrogen-bond donors (Lipinski definition) is 1. The average Bonchev–Trinajstić information content (AvgIpc) is 2.65. The predicted molar refractivity (Wildman–Crippen MR) is 84.6 cm³/mol. The molecule has 0 aromatic carbocycles. The van der Waals surface area contributed by atoms with Gasteiger partial charge in [0.25, 0.3) is 5.22 Å².